The second kappa shape index (κ2) is 4.72. The first-order chi connectivity index (χ1) is 8.06. The van der Waals surface area contributed by atoms with E-state index in [0.717, 1.165) is 16.8 Å². The first-order valence-corrected chi connectivity index (χ1v) is 6.15. The minimum Gasteiger partial charge on any atom is -0.261 e. The number of benzene rings is 1. The summed E-state index contributed by atoms with van der Waals surface area (Å²) in [7, 11) is 1.64. The smallest absolute Gasteiger partial charge is 0.261 e. The minimum absolute atomic E-state index is 0.189. The Balaban J connectivity index is 2.50. The van der Waals surface area contributed by atoms with E-state index in [0.29, 0.717) is 5.88 Å². The van der Waals surface area contributed by atoms with Gasteiger partial charge in [0.25, 0.3) is 0 Å². The molecule has 0 saturated carbocycles. The molecule has 0 radical (unpaired) electrons. The number of para-hydroxylation sites is 1. The zero-order valence-corrected chi connectivity index (χ0v) is 11.1. The van der Waals surface area contributed by atoms with E-state index in [9.17, 15) is 4.79 Å². The van der Waals surface area contributed by atoms with Gasteiger partial charge in [-0.1, -0.05) is 29.8 Å². The number of amides is 2. The van der Waals surface area contributed by atoms with E-state index in [1.807, 2.05) is 25.1 Å². The van der Waals surface area contributed by atoms with Gasteiger partial charge in [0.1, 0.15) is 0 Å². The third kappa shape index (κ3) is 2.08. The van der Waals surface area contributed by atoms with Gasteiger partial charge in [-0.25, -0.2) is 4.79 Å². The number of urea groups is 1. The van der Waals surface area contributed by atoms with Crippen molar-refractivity contribution < 1.29 is 4.79 Å². The third-order valence-corrected chi connectivity index (χ3v) is 3.31. The lowest BCUT2D eigenvalue weighted by atomic mass is 10.1. The molecule has 1 aromatic rings. The number of nitrogens with zero attached hydrogens (tertiary/aromatic N) is 2. The molecule has 4 nitrogen and oxygen atoms in total. The highest BCUT2D eigenvalue weighted by molar-refractivity contribution is 6.25. The molecule has 1 saturated heterocycles. The molecule has 0 bridgehead atoms. The maximum absolute atomic E-state index is 12.0. The Bertz CT molecular complexity index is 452. The number of aryl methyl sites for hydroxylation is 1. The molecule has 92 valence electrons. The molecule has 1 fully saturated rings. The van der Waals surface area contributed by atoms with Crippen LogP contribution in [0.4, 0.5) is 10.5 Å². The first-order valence-electron chi connectivity index (χ1n) is 5.18. The number of hydrazine groups is 1. The van der Waals surface area contributed by atoms with Crippen molar-refractivity contribution in [1.29, 1.82) is 0 Å². The SMILES string of the molecule is Cc1cccc(CCl)c1N1C(=O)N(C)NC1Cl. The Morgan fingerprint density at radius 1 is 1.47 bits per heavy atom. The van der Waals surface area contributed by atoms with Gasteiger partial charge in [0.05, 0.1) is 5.69 Å². The number of carbonyl (C=O) groups is 1. The van der Waals surface area contributed by atoms with Crippen molar-refractivity contribution in [3.05, 3.63) is 29.3 Å². The lowest BCUT2D eigenvalue weighted by Crippen LogP contribution is -2.33. The minimum atomic E-state index is -0.587. The fourth-order valence-corrected chi connectivity index (χ4v) is 2.46. The zero-order chi connectivity index (χ0) is 12.6. The van der Waals surface area contributed by atoms with E-state index in [2.05, 4.69) is 5.43 Å². The maximum atomic E-state index is 12.0. The van der Waals surface area contributed by atoms with Crippen LogP contribution in [0.25, 0.3) is 0 Å². The third-order valence-electron chi connectivity index (χ3n) is 2.73. The quantitative estimate of drug-likeness (QED) is 0.664. The molecule has 1 N–H and O–H groups in total. The lowest BCUT2D eigenvalue weighted by Gasteiger charge is -2.22. The number of hydrogen-bond acceptors (Lipinski definition) is 2. The fraction of sp³-hybridized carbons (Fsp3) is 0.364. The van der Waals surface area contributed by atoms with Gasteiger partial charge in [-0.15, -0.1) is 11.6 Å². The van der Waals surface area contributed by atoms with Crippen LogP contribution in [0.5, 0.6) is 0 Å². The Labute approximate surface area is 110 Å². The summed E-state index contributed by atoms with van der Waals surface area (Å²) in [5.41, 5.74) is 4.88. The molecule has 1 aromatic carbocycles. The molecule has 0 aromatic heterocycles. The Hall–Kier alpha value is -0.970. The molecule has 2 rings (SSSR count). The molecule has 1 heterocycles. The predicted octanol–water partition coefficient (Wildman–Crippen LogP) is 2.63. The van der Waals surface area contributed by atoms with Gasteiger partial charge in [-0.05, 0) is 18.1 Å². The van der Waals surface area contributed by atoms with Gasteiger partial charge in [-0.2, -0.15) is 5.43 Å². The van der Waals surface area contributed by atoms with Crippen molar-refractivity contribution in [1.82, 2.24) is 10.4 Å². The summed E-state index contributed by atoms with van der Waals surface area (Å²) in [4.78, 5) is 13.5. The Morgan fingerprint density at radius 3 is 2.71 bits per heavy atom. The average molecular weight is 274 g/mol. The second-order valence-corrected chi connectivity index (χ2v) is 4.57. The van der Waals surface area contributed by atoms with Gasteiger partial charge < -0.3 is 0 Å². The van der Waals surface area contributed by atoms with Crippen LogP contribution in [0, 0.1) is 6.92 Å². The number of rotatable bonds is 2. The van der Waals surface area contributed by atoms with Crippen molar-refractivity contribution in [2.75, 3.05) is 11.9 Å². The topological polar surface area (TPSA) is 35.6 Å². The number of anilines is 1. The van der Waals surface area contributed by atoms with Crippen molar-refractivity contribution in [3.8, 4) is 0 Å². The van der Waals surface area contributed by atoms with Crippen molar-refractivity contribution in [2.45, 2.75) is 18.4 Å². The lowest BCUT2D eigenvalue weighted by molar-refractivity contribution is 0.216. The molecular formula is C11H13Cl2N3O. The highest BCUT2D eigenvalue weighted by atomic mass is 35.5. The van der Waals surface area contributed by atoms with Crippen LogP contribution in [0.1, 0.15) is 11.1 Å². The highest BCUT2D eigenvalue weighted by Crippen LogP contribution is 2.31. The monoisotopic (exact) mass is 273 g/mol. The summed E-state index contributed by atoms with van der Waals surface area (Å²) in [5, 5.41) is 1.36. The second-order valence-electron chi connectivity index (χ2n) is 3.89. The van der Waals surface area contributed by atoms with Crippen LogP contribution in [-0.2, 0) is 5.88 Å². The zero-order valence-electron chi connectivity index (χ0n) is 9.58. The average Bonchev–Trinajstić information content (AvgIpc) is 2.54. The van der Waals surface area contributed by atoms with Crippen LogP contribution in [0.3, 0.4) is 0 Å². The van der Waals surface area contributed by atoms with Crippen LogP contribution >= 0.6 is 23.2 Å². The number of hydrogen-bond donors (Lipinski definition) is 1. The van der Waals surface area contributed by atoms with Crippen molar-refractivity contribution >= 4 is 34.9 Å². The molecule has 1 atom stereocenters. The Morgan fingerprint density at radius 2 is 2.18 bits per heavy atom. The molecule has 17 heavy (non-hydrogen) atoms. The molecule has 2 amide bonds. The van der Waals surface area contributed by atoms with E-state index in [1.165, 1.54) is 9.91 Å². The number of nitrogens with one attached hydrogen (secondary N) is 1. The molecule has 0 aliphatic carbocycles. The Kier molecular flexibility index (Phi) is 3.47. The van der Waals surface area contributed by atoms with Crippen molar-refractivity contribution in [2.24, 2.45) is 0 Å². The summed E-state index contributed by atoms with van der Waals surface area (Å²) in [6, 6.07) is 5.55. The van der Waals surface area contributed by atoms with Crippen LogP contribution in [0.15, 0.2) is 18.2 Å². The van der Waals surface area contributed by atoms with Gasteiger partial charge in [0, 0.05) is 12.9 Å². The van der Waals surface area contributed by atoms with Gasteiger partial charge in [-0.3, -0.25) is 9.91 Å². The molecular weight excluding hydrogens is 261 g/mol. The van der Waals surface area contributed by atoms with E-state index >= 15 is 0 Å². The van der Waals surface area contributed by atoms with Gasteiger partial charge in [0.15, 0.2) is 5.62 Å². The van der Waals surface area contributed by atoms with E-state index in [4.69, 9.17) is 23.2 Å². The molecule has 1 aliphatic rings. The standard InChI is InChI=1S/C11H13Cl2N3O/c1-7-4-3-5-8(6-12)9(7)16-10(13)14-15(2)11(16)17/h3-5,10,14H,6H2,1-2H3. The maximum Gasteiger partial charge on any atom is 0.341 e. The number of halogens is 2. The summed E-state index contributed by atoms with van der Waals surface area (Å²) in [6.07, 6.45) is 0. The molecule has 1 unspecified atom stereocenters. The van der Waals surface area contributed by atoms with E-state index < -0.39 is 5.62 Å². The summed E-state index contributed by atoms with van der Waals surface area (Å²) in [5.74, 6) is 0.341. The van der Waals surface area contributed by atoms with Gasteiger partial charge >= 0.3 is 6.03 Å². The van der Waals surface area contributed by atoms with E-state index in [-0.39, 0.29) is 6.03 Å². The summed E-state index contributed by atoms with van der Waals surface area (Å²) >= 11 is 12.0. The molecule has 6 heteroatoms. The molecule has 1 aliphatic heterocycles. The fourth-order valence-electron chi connectivity index (χ4n) is 1.91. The highest BCUT2D eigenvalue weighted by Gasteiger charge is 2.36. The van der Waals surface area contributed by atoms with Crippen LogP contribution < -0.4 is 10.3 Å². The summed E-state index contributed by atoms with van der Waals surface area (Å²) in [6.45, 7) is 1.93. The molecule has 0 spiro atoms. The van der Waals surface area contributed by atoms with E-state index in [1.54, 1.807) is 7.05 Å². The normalized spacial score (nSPS) is 20.2. The first kappa shape index (κ1) is 12.5. The van der Waals surface area contributed by atoms with Crippen LogP contribution in [0.2, 0.25) is 0 Å². The predicted molar refractivity (Wildman–Crippen MR) is 69.2 cm³/mol. The number of alkyl halides is 2. The van der Waals surface area contributed by atoms with Gasteiger partial charge in [0.2, 0.25) is 0 Å². The summed E-state index contributed by atoms with van der Waals surface area (Å²) < 4.78 is 0. The van der Waals surface area contributed by atoms with Crippen LogP contribution in [-0.4, -0.2) is 23.7 Å². The van der Waals surface area contributed by atoms with Crippen molar-refractivity contribution in [3.63, 3.8) is 0 Å². The largest absolute Gasteiger partial charge is 0.341 e. The number of carbonyl (C=O) groups excluding carboxylic acids is 1.